The lowest BCUT2D eigenvalue weighted by Gasteiger charge is -2.19. The van der Waals surface area contributed by atoms with Crippen LogP contribution in [0.4, 0.5) is 5.69 Å². The minimum Gasteiger partial charge on any atom is -0.492 e. The Bertz CT molecular complexity index is 908. The van der Waals surface area contributed by atoms with E-state index >= 15 is 0 Å². The van der Waals surface area contributed by atoms with Gasteiger partial charge in [0.05, 0.1) is 16.7 Å². The maximum atomic E-state index is 10.6. The first kappa shape index (κ1) is 15.2. The highest BCUT2D eigenvalue weighted by molar-refractivity contribution is 6.30. The molecule has 4 rings (SSSR count). The average molecular weight is 331 g/mol. The summed E-state index contributed by atoms with van der Waals surface area (Å²) in [6.07, 6.45) is 0. The third-order valence-corrected chi connectivity index (χ3v) is 3.98. The van der Waals surface area contributed by atoms with Crippen molar-refractivity contribution in [2.45, 2.75) is 0 Å². The summed E-state index contributed by atoms with van der Waals surface area (Å²) in [5, 5.41) is 20.8. The Hall–Kier alpha value is -2.70. The molecule has 0 spiro atoms. The summed E-state index contributed by atoms with van der Waals surface area (Å²) in [6.45, 7) is 0. The fraction of sp³-hybridized carbons (Fsp3) is 0.0625. The number of hydrogen-bond acceptors (Lipinski definition) is 5. The molecule has 4 N–H and O–H groups in total. The van der Waals surface area contributed by atoms with E-state index in [2.05, 4.69) is 10.5 Å². The zero-order valence-corrected chi connectivity index (χ0v) is 13.0. The van der Waals surface area contributed by atoms with Crippen LogP contribution >= 0.6 is 11.6 Å². The van der Waals surface area contributed by atoms with Gasteiger partial charge < -0.3 is 10.6 Å². The number of hydrogen-bond donors (Lipinski definition) is 2. The highest BCUT2D eigenvalue weighted by Gasteiger charge is 2.32. The van der Waals surface area contributed by atoms with Crippen LogP contribution in [-0.4, -0.2) is 22.6 Å². The topological polar surface area (TPSA) is 82.6 Å². The van der Waals surface area contributed by atoms with Gasteiger partial charge in [0.1, 0.15) is 5.70 Å². The van der Waals surface area contributed by atoms with Crippen molar-refractivity contribution >= 4 is 23.0 Å². The number of hydrazine groups is 1. The quantitative estimate of drug-likeness (QED) is 0.812. The fourth-order valence-corrected chi connectivity index (χ4v) is 2.82. The molecule has 0 bridgehead atoms. The predicted molar refractivity (Wildman–Crippen MR) is 88.7 cm³/mol. The number of likely N-dealkylation sites (N-methyl/N-ethyl adjacent to an activating group) is 1. The van der Waals surface area contributed by atoms with Crippen molar-refractivity contribution in [2.24, 2.45) is 5.10 Å². The molecule has 2 aliphatic rings. The molecule has 6 nitrogen and oxygen atoms in total. The van der Waals surface area contributed by atoms with E-state index in [-0.39, 0.29) is 11.4 Å². The van der Waals surface area contributed by atoms with Crippen LogP contribution in [0.2, 0.25) is 5.02 Å². The summed E-state index contributed by atoms with van der Waals surface area (Å²) in [4.78, 5) is 0. The minimum absolute atomic E-state index is 0. The Morgan fingerprint density at radius 1 is 1.09 bits per heavy atom. The minimum atomic E-state index is 0. The summed E-state index contributed by atoms with van der Waals surface area (Å²) in [7, 11) is 1.81. The molecule has 2 aliphatic heterocycles. The molecule has 0 aromatic heterocycles. The van der Waals surface area contributed by atoms with Crippen LogP contribution in [0.15, 0.2) is 65.2 Å². The van der Waals surface area contributed by atoms with Crippen molar-refractivity contribution < 1.29 is 10.6 Å². The number of nitrogens with zero attached hydrogens (tertiary/aromatic N) is 3. The van der Waals surface area contributed by atoms with Crippen molar-refractivity contribution in [3.63, 3.8) is 0 Å². The molecule has 0 saturated heterocycles. The van der Waals surface area contributed by atoms with E-state index < -0.39 is 0 Å². The molecule has 0 amide bonds. The number of aliphatic hydroxyl groups excluding tert-OH is 1. The lowest BCUT2D eigenvalue weighted by atomic mass is 10.2. The van der Waals surface area contributed by atoms with Gasteiger partial charge in [0.25, 0.3) is 0 Å². The number of anilines is 1. The molecule has 2 heterocycles. The van der Waals surface area contributed by atoms with Gasteiger partial charge >= 0.3 is 0 Å². The first-order valence-corrected chi connectivity index (χ1v) is 7.20. The van der Waals surface area contributed by atoms with Crippen molar-refractivity contribution in [3.05, 3.63) is 75.7 Å². The molecular formula is C16H15ClN4O2. The maximum absolute atomic E-state index is 10.6. The Morgan fingerprint density at radius 3 is 2.52 bits per heavy atom. The van der Waals surface area contributed by atoms with E-state index in [9.17, 15) is 5.11 Å². The number of rotatable bonds is 1. The van der Waals surface area contributed by atoms with Crippen LogP contribution in [-0.2, 0) is 0 Å². The molecule has 23 heavy (non-hydrogen) atoms. The summed E-state index contributed by atoms with van der Waals surface area (Å²) < 4.78 is 0. The van der Waals surface area contributed by atoms with Crippen molar-refractivity contribution in [3.8, 4) is 0 Å². The zero-order valence-electron chi connectivity index (χ0n) is 12.3. The molecule has 0 radical (unpaired) electrons. The Kier molecular flexibility index (Phi) is 3.63. The lowest BCUT2D eigenvalue weighted by molar-refractivity contribution is 0.353. The number of benzene rings is 2. The second kappa shape index (κ2) is 5.49. The van der Waals surface area contributed by atoms with E-state index in [1.165, 1.54) is 0 Å². The number of nitrogens with one attached hydrogen (secondary N) is 1. The van der Waals surface area contributed by atoms with Crippen molar-refractivity contribution in [1.29, 1.82) is 0 Å². The number of aliphatic hydroxyl groups is 1. The molecule has 2 aromatic rings. The third-order valence-electron chi connectivity index (χ3n) is 3.72. The van der Waals surface area contributed by atoms with Crippen LogP contribution in [0.1, 0.15) is 0 Å². The van der Waals surface area contributed by atoms with E-state index in [0.29, 0.717) is 10.7 Å². The lowest BCUT2D eigenvalue weighted by Crippen LogP contribution is -2.40. The molecule has 118 valence electrons. The normalized spacial score (nSPS) is 15.5. The van der Waals surface area contributed by atoms with Gasteiger partial charge in [0.15, 0.2) is 0 Å². The average Bonchev–Trinajstić information content (AvgIpc) is 2.87. The van der Waals surface area contributed by atoms with Crippen LogP contribution in [0.25, 0.3) is 5.70 Å². The fourth-order valence-electron chi connectivity index (χ4n) is 2.69. The highest BCUT2D eigenvalue weighted by atomic mass is 35.5. The monoisotopic (exact) mass is 330 g/mol. The van der Waals surface area contributed by atoms with Gasteiger partial charge in [-0.1, -0.05) is 29.8 Å². The van der Waals surface area contributed by atoms with Gasteiger partial charge in [-0.2, -0.15) is 5.10 Å². The molecule has 7 heteroatoms. The van der Waals surface area contributed by atoms with Crippen LogP contribution < -0.4 is 21.0 Å². The Balaban J connectivity index is 0.00000156. The summed E-state index contributed by atoms with van der Waals surface area (Å²) in [5.41, 5.74) is 5.52. The van der Waals surface area contributed by atoms with Gasteiger partial charge in [-0.05, 0) is 30.3 Å². The second-order valence-electron chi connectivity index (χ2n) is 5.11. The van der Waals surface area contributed by atoms with Gasteiger partial charge in [-0.3, -0.25) is 10.4 Å². The molecule has 0 atom stereocenters. The Labute approximate surface area is 137 Å². The SMILES string of the molecule is CN1N=c2ccccc2=C2NN(c3ccc(Cl)cc3)C(O)=C21.O. The van der Waals surface area contributed by atoms with Gasteiger partial charge in [-0.25, -0.2) is 5.01 Å². The van der Waals surface area contributed by atoms with Crippen LogP contribution in [0.5, 0.6) is 0 Å². The van der Waals surface area contributed by atoms with E-state index in [1.54, 1.807) is 22.2 Å². The molecule has 0 saturated carbocycles. The number of halogens is 1. The summed E-state index contributed by atoms with van der Waals surface area (Å²) >= 11 is 5.92. The van der Waals surface area contributed by atoms with Crippen molar-refractivity contribution in [1.82, 2.24) is 10.4 Å². The first-order valence-electron chi connectivity index (χ1n) is 6.83. The maximum Gasteiger partial charge on any atom is 0.239 e. The summed E-state index contributed by atoms with van der Waals surface area (Å²) in [5.74, 6) is 0.109. The van der Waals surface area contributed by atoms with Gasteiger partial charge in [0, 0.05) is 17.3 Å². The van der Waals surface area contributed by atoms with Crippen molar-refractivity contribution in [2.75, 3.05) is 12.1 Å². The molecule has 0 fully saturated rings. The predicted octanol–water partition coefficient (Wildman–Crippen LogP) is 0.855. The molecule has 2 aromatic carbocycles. The third kappa shape index (κ3) is 2.28. The van der Waals surface area contributed by atoms with Crippen LogP contribution in [0.3, 0.4) is 0 Å². The second-order valence-corrected chi connectivity index (χ2v) is 5.55. The standard InChI is InChI=1S/C16H13ClN4O.H2O/c1-20-15-14(12-4-2-3-5-13(12)18-20)19-21(16(15)22)11-8-6-10(17)7-9-11;/h2-9,19,22H,1H3;1H2. The molecular weight excluding hydrogens is 316 g/mol. The number of fused-ring (bicyclic) bond motifs is 2. The van der Waals surface area contributed by atoms with Crippen LogP contribution in [0, 0.1) is 0 Å². The largest absolute Gasteiger partial charge is 0.492 e. The van der Waals surface area contributed by atoms with E-state index in [4.69, 9.17) is 11.6 Å². The first-order chi connectivity index (χ1) is 10.6. The van der Waals surface area contributed by atoms with Gasteiger partial charge in [-0.15, -0.1) is 0 Å². The zero-order chi connectivity index (χ0) is 15.3. The van der Waals surface area contributed by atoms with E-state index in [1.807, 2.05) is 43.4 Å². The Morgan fingerprint density at radius 2 is 1.78 bits per heavy atom. The molecule has 0 aliphatic carbocycles. The highest BCUT2D eigenvalue weighted by Crippen LogP contribution is 2.30. The van der Waals surface area contributed by atoms with Gasteiger partial charge in [0.2, 0.25) is 5.88 Å². The smallest absolute Gasteiger partial charge is 0.239 e. The molecule has 0 unspecified atom stereocenters. The summed E-state index contributed by atoms with van der Waals surface area (Å²) in [6, 6.07) is 15.1. The van der Waals surface area contributed by atoms with E-state index in [0.717, 1.165) is 22.0 Å².